The first-order chi connectivity index (χ1) is 12.2. The molecule has 0 saturated heterocycles. The molecule has 2 rings (SSSR count). The van der Waals surface area contributed by atoms with Crippen molar-refractivity contribution in [1.29, 1.82) is 0 Å². The van der Waals surface area contributed by atoms with Gasteiger partial charge in [-0.3, -0.25) is 14.9 Å². The predicted molar refractivity (Wildman–Crippen MR) is 97.7 cm³/mol. The van der Waals surface area contributed by atoms with E-state index in [1.165, 1.54) is 6.07 Å². The van der Waals surface area contributed by atoms with Crippen LogP contribution >= 0.6 is 11.6 Å². The zero-order chi connectivity index (χ0) is 19.3. The lowest BCUT2D eigenvalue weighted by Gasteiger charge is -2.09. The predicted octanol–water partition coefficient (Wildman–Crippen LogP) is 2.34. The highest BCUT2D eigenvalue weighted by Gasteiger charge is 2.19. The lowest BCUT2D eigenvalue weighted by atomic mass is 10.2. The number of sulfonamides is 1. The molecular weight excluding hydrogens is 384 g/mol. The van der Waals surface area contributed by atoms with Crippen LogP contribution in [0.5, 0.6) is 0 Å². The van der Waals surface area contributed by atoms with Crippen LogP contribution in [0.1, 0.15) is 6.42 Å². The van der Waals surface area contributed by atoms with Crippen LogP contribution in [-0.2, 0) is 14.8 Å². The van der Waals surface area contributed by atoms with Crippen molar-refractivity contribution in [2.24, 2.45) is 5.14 Å². The van der Waals surface area contributed by atoms with Crippen molar-refractivity contribution < 1.29 is 18.1 Å². The third-order valence-electron chi connectivity index (χ3n) is 3.27. The molecule has 0 radical (unpaired) electrons. The summed E-state index contributed by atoms with van der Waals surface area (Å²) < 4.78 is 22.6. The van der Waals surface area contributed by atoms with E-state index in [4.69, 9.17) is 16.7 Å². The molecule has 4 N–H and O–H groups in total. The Balaban J connectivity index is 2.00. The second-order valence-electron chi connectivity index (χ2n) is 5.22. The fourth-order valence-electron chi connectivity index (χ4n) is 2.09. The van der Waals surface area contributed by atoms with Crippen LogP contribution in [0.15, 0.2) is 47.4 Å². The molecule has 0 heterocycles. The maximum Gasteiger partial charge on any atom is 0.293 e. The summed E-state index contributed by atoms with van der Waals surface area (Å²) in [6.45, 7) is 0.0992. The summed E-state index contributed by atoms with van der Waals surface area (Å²) in [7, 11) is -4.05. The number of carbonyl (C=O) groups excluding carboxylic acids is 1. The maximum atomic E-state index is 11.9. The number of amides is 1. The number of nitro groups is 1. The minimum absolute atomic E-state index is 0.0284. The SMILES string of the molecule is NS(=O)(=O)c1ccc(NCCC(=O)Nc2cccc(Cl)c2)c([N+](=O)[O-])c1. The number of hydrogen-bond donors (Lipinski definition) is 3. The van der Waals surface area contributed by atoms with Crippen molar-refractivity contribution >= 4 is 44.6 Å². The Morgan fingerprint density at radius 1 is 1.23 bits per heavy atom. The summed E-state index contributed by atoms with van der Waals surface area (Å²) in [5, 5.41) is 21.9. The molecule has 2 aromatic carbocycles. The summed E-state index contributed by atoms with van der Waals surface area (Å²) in [4.78, 5) is 21.9. The minimum Gasteiger partial charge on any atom is -0.379 e. The molecular formula is C15H15ClN4O5S. The lowest BCUT2D eigenvalue weighted by molar-refractivity contribution is -0.384. The Bertz CT molecular complexity index is 949. The molecule has 0 saturated carbocycles. The first-order valence-corrected chi connectivity index (χ1v) is 9.20. The summed E-state index contributed by atoms with van der Waals surface area (Å²) in [6, 6.07) is 9.86. The van der Waals surface area contributed by atoms with Crippen molar-refractivity contribution in [2.75, 3.05) is 17.2 Å². The Morgan fingerprint density at radius 3 is 2.58 bits per heavy atom. The molecule has 2 aromatic rings. The molecule has 11 heteroatoms. The van der Waals surface area contributed by atoms with Gasteiger partial charge in [0.05, 0.1) is 9.82 Å². The number of primary sulfonamides is 1. The average molecular weight is 399 g/mol. The number of carbonyl (C=O) groups is 1. The van der Waals surface area contributed by atoms with Gasteiger partial charge in [-0.1, -0.05) is 17.7 Å². The van der Waals surface area contributed by atoms with E-state index in [9.17, 15) is 23.3 Å². The zero-order valence-corrected chi connectivity index (χ0v) is 14.9. The number of nitro benzene ring substituents is 1. The van der Waals surface area contributed by atoms with Crippen LogP contribution in [-0.4, -0.2) is 25.8 Å². The monoisotopic (exact) mass is 398 g/mol. The second-order valence-corrected chi connectivity index (χ2v) is 7.21. The second kappa shape index (κ2) is 8.13. The summed E-state index contributed by atoms with van der Waals surface area (Å²) in [5.41, 5.74) is 0.163. The number of benzene rings is 2. The molecule has 0 aliphatic heterocycles. The number of nitrogens with zero attached hydrogens (tertiary/aromatic N) is 1. The Hall–Kier alpha value is -2.69. The number of rotatable bonds is 7. The van der Waals surface area contributed by atoms with Gasteiger partial charge in [0.25, 0.3) is 5.69 Å². The van der Waals surface area contributed by atoms with Crippen molar-refractivity contribution in [3.8, 4) is 0 Å². The van der Waals surface area contributed by atoms with E-state index in [1.807, 2.05) is 0 Å². The van der Waals surface area contributed by atoms with Crippen LogP contribution in [0, 0.1) is 10.1 Å². The Morgan fingerprint density at radius 2 is 1.96 bits per heavy atom. The number of hydrogen-bond acceptors (Lipinski definition) is 6. The van der Waals surface area contributed by atoms with Gasteiger partial charge >= 0.3 is 0 Å². The highest BCUT2D eigenvalue weighted by molar-refractivity contribution is 7.89. The van der Waals surface area contributed by atoms with Gasteiger partial charge in [0.1, 0.15) is 5.69 Å². The zero-order valence-electron chi connectivity index (χ0n) is 13.3. The van der Waals surface area contributed by atoms with Crippen LogP contribution < -0.4 is 15.8 Å². The fraction of sp³-hybridized carbons (Fsp3) is 0.133. The number of anilines is 2. The topological polar surface area (TPSA) is 144 Å². The first-order valence-electron chi connectivity index (χ1n) is 7.27. The summed E-state index contributed by atoms with van der Waals surface area (Å²) in [6.07, 6.45) is 0.0284. The van der Waals surface area contributed by atoms with Crippen LogP contribution in [0.25, 0.3) is 0 Å². The van der Waals surface area contributed by atoms with Gasteiger partial charge in [-0.2, -0.15) is 0 Å². The Kier molecular flexibility index (Phi) is 6.14. The summed E-state index contributed by atoms with van der Waals surface area (Å²) >= 11 is 5.83. The van der Waals surface area contributed by atoms with Gasteiger partial charge in [0.2, 0.25) is 15.9 Å². The highest BCUT2D eigenvalue weighted by Crippen LogP contribution is 2.27. The third kappa shape index (κ3) is 5.41. The van der Waals surface area contributed by atoms with E-state index in [0.29, 0.717) is 10.7 Å². The van der Waals surface area contributed by atoms with Crippen molar-refractivity contribution in [1.82, 2.24) is 0 Å². The van der Waals surface area contributed by atoms with Gasteiger partial charge in [0.15, 0.2) is 0 Å². The van der Waals surface area contributed by atoms with Gasteiger partial charge < -0.3 is 10.6 Å². The van der Waals surface area contributed by atoms with E-state index in [-0.39, 0.29) is 29.5 Å². The fourth-order valence-corrected chi connectivity index (χ4v) is 2.81. The van der Waals surface area contributed by atoms with Crippen molar-refractivity contribution in [3.05, 3.63) is 57.6 Å². The standard InChI is InChI=1S/C15H15ClN4O5S/c16-10-2-1-3-11(8-10)19-15(21)6-7-18-13-5-4-12(26(17,24)25)9-14(13)20(22)23/h1-5,8-9,18H,6-7H2,(H,19,21)(H2,17,24,25). The molecule has 0 aliphatic rings. The number of nitrogens with two attached hydrogens (primary N) is 1. The minimum atomic E-state index is -4.05. The molecule has 0 fully saturated rings. The molecule has 9 nitrogen and oxygen atoms in total. The number of halogens is 1. The van der Waals surface area contributed by atoms with Crippen molar-refractivity contribution in [3.63, 3.8) is 0 Å². The average Bonchev–Trinajstić information content (AvgIpc) is 2.53. The molecule has 0 aromatic heterocycles. The van der Waals surface area contributed by atoms with Gasteiger partial charge in [0, 0.05) is 29.7 Å². The normalized spacial score (nSPS) is 11.0. The molecule has 0 spiro atoms. The van der Waals surface area contributed by atoms with E-state index >= 15 is 0 Å². The molecule has 1 amide bonds. The number of nitrogens with one attached hydrogen (secondary N) is 2. The smallest absolute Gasteiger partial charge is 0.293 e. The summed E-state index contributed by atoms with van der Waals surface area (Å²) in [5.74, 6) is -0.316. The third-order valence-corrected chi connectivity index (χ3v) is 4.42. The molecule has 0 bridgehead atoms. The molecule has 0 aliphatic carbocycles. The van der Waals surface area contributed by atoms with Crippen LogP contribution in [0.4, 0.5) is 17.1 Å². The van der Waals surface area contributed by atoms with Crippen molar-refractivity contribution in [2.45, 2.75) is 11.3 Å². The molecule has 138 valence electrons. The Labute approximate surface area is 154 Å². The van der Waals surface area contributed by atoms with Gasteiger partial charge in [-0.15, -0.1) is 0 Å². The van der Waals surface area contributed by atoms with Gasteiger partial charge in [-0.25, -0.2) is 13.6 Å². The lowest BCUT2D eigenvalue weighted by Crippen LogP contribution is -2.17. The molecule has 26 heavy (non-hydrogen) atoms. The maximum absolute atomic E-state index is 11.9. The van der Waals surface area contributed by atoms with E-state index in [1.54, 1.807) is 24.3 Å². The largest absolute Gasteiger partial charge is 0.379 e. The van der Waals surface area contributed by atoms with E-state index < -0.39 is 20.6 Å². The molecule has 0 unspecified atom stereocenters. The van der Waals surface area contributed by atoms with Crippen LogP contribution in [0.3, 0.4) is 0 Å². The highest BCUT2D eigenvalue weighted by atomic mass is 35.5. The van der Waals surface area contributed by atoms with Crippen LogP contribution in [0.2, 0.25) is 5.02 Å². The van der Waals surface area contributed by atoms with E-state index in [2.05, 4.69) is 10.6 Å². The molecule has 0 atom stereocenters. The first kappa shape index (κ1) is 19.6. The van der Waals surface area contributed by atoms with Gasteiger partial charge in [-0.05, 0) is 30.3 Å². The quantitative estimate of drug-likeness (QED) is 0.482. The van der Waals surface area contributed by atoms with E-state index in [0.717, 1.165) is 12.1 Å².